The highest BCUT2D eigenvalue weighted by atomic mass is 16.5. The van der Waals surface area contributed by atoms with Crippen LogP contribution in [0.5, 0.6) is 0 Å². The Morgan fingerprint density at radius 3 is 2.31 bits per heavy atom. The van der Waals surface area contributed by atoms with Gasteiger partial charge < -0.3 is 9.47 Å². The van der Waals surface area contributed by atoms with Crippen LogP contribution in [0, 0.1) is 5.41 Å². The zero-order chi connectivity index (χ0) is 12.4. The SMILES string of the molecule is CCOCCOCC(=O)CCCC(C)(C)C. The molecule has 3 heteroatoms. The maximum atomic E-state index is 11.4. The van der Waals surface area contributed by atoms with Crippen molar-refractivity contribution in [2.75, 3.05) is 26.4 Å². The molecule has 0 aliphatic heterocycles. The lowest BCUT2D eigenvalue weighted by atomic mass is 9.89. The fourth-order valence-electron chi connectivity index (χ4n) is 1.34. The van der Waals surface area contributed by atoms with Crippen molar-refractivity contribution in [3.8, 4) is 0 Å². The first-order valence-corrected chi connectivity index (χ1v) is 6.13. The van der Waals surface area contributed by atoms with E-state index in [1.54, 1.807) is 0 Å². The summed E-state index contributed by atoms with van der Waals surface area (Å²) in [6, 6.07) is 0. The molecular formula is C13H26O3. The highest BCUT2D eigenvalue weighted by molar-refractivity contribution is 5.79. The van der Waals surface area contributed by atoms with Crippen LogP contribution in [0.1, 0.15) is 47.0 Å². The monoisotopic (exact) mass is 230 g/mol. The molecule has 0 aromatic heterocycles. The zero-order valence-corrected chi connectivity index (χ0v) is 11.2. The number of carbonyl (C=O) groups is 1. The van der Waals surface area contributed by atoms with Crippen molar-refractivity contribution in [1.29, 1.82) is 0 Å². The van der Waals surface area contributed by atoms with E-state index in [2.05, 4.69) is 20.8 Å². The van der Waals surface area contributed by atoms with E-state index in [0.29, 0.717) is 31.7 Å². The summed E-state index contributed by atoms with van der Waals surface area (Å²) in [6.45, 7) is 10.5. The zero-order valence-electron chi connectivity index (χ0n) is 11.2. The van der Waals surface area contributed by atoms with Gasteiger partial charge in [0, 0.05) is 13.0 Å². The van der Waals surface area contributed by atoms with Gasteiger partial charge in [-0.1, -0.05) is 20.8 Å². The van der Waals surface area contributed by atoms with Gasteiger partial charge in [-0.05, 0) is 25.2 Å². The van der Waals surface area contributed by atoms with E-state index in [9.17, 15) is 4.79 Å². The minimum Gasteiger partial charge on any atom is -0.379 e. The second-order valence-corrected chi connectivity index (χ2v) is 5.20. The lowest BCUT2D eigenvalue weighted by Crippen LogP contribution is -2.13. The smallest absolute Gasteiger partial charge is 0.158 e. The van der Waals surface area contributed by atoms with Crippen LogP contribution in [0.15, 0.2) is 0 Å². The molecule has 0 bridgehead atoms. The summed E-state index contributed by atoms with van der Waals surface area (Å²) in [5.41, 5.74) is 0.316. The summed E-state index contributed by atoms with van der Waals surface area (Å²) in [5, 5.41) is 0. The molecule has 0 spiro atoms. The molecule has 16 heavy (non-hydrogen) atoms. The maximum absolute atomic E-state index is 11.4. The fourth-order valence-corrected chi connectivity index (χ4v) is 1.34. The molecule has 0 aliphatic rings. The van der Waals surface area contributed by atoms with Gasteiger partial charge in [-0.25, -0.2) is 0 Å². The van der Waals surface area contributed by atoms with Gasteiger partial charge in [-0.15, -0.1) is 0 Å². The van der Waals surface area contributed by atoms with E-state index in [-0.39, 0.29) is 12.4 Å². The minimum absolute atomic E-state index is 0.195. The van der Waals surface area contributed by atoms with Gasteiger partial charge in [0.1, 0.15) is 6.61 Å². The number of ketones is 1. The third kappa shape index (κ3) is 11.7. The second-order valence-electron chi connectivity index (χ2n) is 5.20. The molecule has 96 valence electrons. The number of hydrogen-bond acceptors (Lipinski definition) is 3. The topological polar surface area (TPSA) is 35.5 Å². The molecule has 0 unspecified atom stereocenters. The summed E-state index contributed by atoms with van der Waals surface area (Å²) in [5.74, 6) is 0.195. The Labute approximate surface area is 99.5 Å². The van der Waals surface area contributed by atoms with Gasteiger partial charge in [0.05, 0.1) is 13.2 Å². The normalized spacial score (nSPS) is 11.8. The first kappa shape index (κ1) is 15.6. The first-order valence-electron chi connectivity index (χ1n) is 6.13. The Hall–Kier alpha value is -0.410. The van der Waals surface area contributed by atoms with Crippen LogP contribution in [0.3, 0.4) is 0 Å². The minimum atomic E-state index is 0.195. The first-order chi connectivity index (χ1) is 7.45. The Morgan fingerprint density at radius 1 is 1.12 bits per heavy atom. The molecule has 0 atom stereocenters. The molecule has 0 heterocycles. The summed E-state index contributed by atoms with van der Waals surface area (Å²) in [4.78, 5) is 11.4. The Kier molecular flexibility index (Phi) is 8.49. The average molecular weight is 230 g/mol. The van der Waals surface area contributed by atoms with Crippen molar-refractivity contribution < 1.29 is 14.3 Å². The molecule has 0 rings (SSSR count). The van der Waals surface area contributed by atoms with E-state index < -0.39 is 0 Å². The lowest BCUT2D eigenvalue weighted by Gasteiger charge is -2.17. The van der Waals surface area contributed by atoms with Crippen LogP contribution in [-0.2, 0) is 14.3 Å². The van der Waals surface area contributed by atoms with Gasteiger partial charge in [0.15, 0.2) is 5.78 Å². The highest BCUT2D eigenvalue weighted by Gasteiger charge is 2.10. The number of carbonyl (C=O) groups excluding carboxylic acids is 1. The Balaban J connectivity index is 3.32. The van der Waals surface area contributed by atoms with Gasteiger partial charge in [0.2, 0.25) is 0 Å². The molecule has 0 N–H and O–H groups in total. The molecular weight excluding hydrogens is 204 g/mol. The van der Waals surface area contributed by atoms with E-state index in [4.69, 9.17) is 9.47 Å². The van der Waals surface area contributed by atoms with Crippen LogP contribution in [0.4, 0.5) is 0 Å². The number of rotatable bonds is 9. The predicted molar refractivity (Wildman–Crippen MR) is 65.6 cm³/mol. The fraction of sp³-hybridized carbons (Fsp3) is 0.923. The number of hydrogen-bond donors (Lipinski definition) is 0. The predicted octanol–water partition coefficient (Wildman–Crippen LogP) is 2.83. The van der Waals surface area contributed by atoms with Crippen LogP contribution in [0.25, 0.3) is 0 Å². The quantitative estimate of drug-likeness (QED) is 0.571. The average Bonchev–Trinajstić information content (AvgIpc) is 2.15. The summed E-state index contributed by atoms with van der Waals surface area (Å²) in [7, 11) is 0. The molecule has 0 aromatic carbocycles. The van der Waals surface area contributed by atoms with Crippen molar-refractivity contribution in [3.63, 3.8) is 0 Å². The van der Waals surface area contributed by atoms with Crippen molar-refractivity contribution in [1.82, 2.24) is 0 Å². The van der Waals surface area contributed by atoms with Crippen molar-refractivity contribution in [2.45, 2.75) is 47.0 Å². The van der Waals surface area contributed by atoms with E-state index in [0.717, 1.165) is 12.8 Å². The molecule has 0 radical (unpaired) electrons. The Bertz CT molecular complexity index is 182. The lowest BCUT2D eigenvalue weighted by molar-refractivity contribution is -0.124. The second kappa shape index (κ2) is 8.71. The van der Waals surface area contributed by atoms with Crippen molar-refractivity contribution in [2.24, 2.45) is 5.41 Å². The van der Waals surface area contributed by atoms with E-state index >= 15 is 0 Å². The van der Waals surface area contributed by atoms with E-state index in [1.807, 2.05) is 6.92 Å². The third-order valence-electron chi connectivity index (χ3n) is 2.22. The van der Waals surface area contributed by atoms with Crippen LogP contribution < -0.4 is 0 Å². The molecule has 0 amide bonds. The summed E-state index contributed by atoms with van der Waals surface area (Å²) >= 11 is 0. The van der Waals surface area contributed by atoms with Gasteiger partial charge in [-0.3, -0.25) is 4.79 Å². The molecule has 0 saturated heterocycles. The largest absolute Gasteiger partial charge is 0.379 e. The van der Waals surface area contributed by atoms with Crippen LogP contribution in [0.2, 0.25) is 0 Å². The van der Waals surface area contributed by atoms with Gasteiger partial charge in [-0.2, -0.15) is 0 Å². The summed E-state index contributed by atoms with van der Waals surface area (Å²) < 4.78 is 10.3. The van der Waals surface area contributed by atoms with E-state index in [1.165, 1.54) is 0 Å². The molecule has 0 saturated carbocycles. The third-order valence-corrected chi connectivity index (χ3v) is 2.22. The van der Waals surface area contributed by atoms with Gasteiger partial charge in [0.25, 0.3) is 0 Å². The van der Waals surface area contributed by atoms with Crippen LogP contribution >= 0.6 is 0 Å². The molecule has 0 aliphatic carbocycles. The highest BCUT2D eigenvalue weighted by Crippen LogP contribution is 2.21. The molecule has 0 fully saturated rings. The Morgan fingerprint density at radius 2 is 1.75 bits per heavy atom. The maximum Gasteiger partial charge on any atom is 0.158 e. The van der Waals surface area contributed by atoms with Crippen molar-refractivity contribution in [3.05, 3.63) is 0 Å². The standard InChI is InChI=1S/C13H26O3/c1-5-15-9-10-16-11-12(14)7-6-8-13(2,3)4/h5-11H2,1-4H3. The molecule has 0 aromatic rings. The summed E-state index contributed by atoms with van der Waals surface area (Å²) in [6.07, 6.45) is 2.67. The molecule has 3 nitrogen and oxygen atoms in total. The van der Waals surface area contributed by atoms with Crippen LogP contribution in [-0.4, -0.2) is 32.2 Å². The number of Topliss-reactive ketones (excluding diaryl/α,β-unsaturated/α-hetero) is 1. The van der Waals surface area contributed by atoms with Gasteiger partial charge >= 0.3 is 0 Å². The van der Waals surface area contributed by atoms with Crippen molar-refractivity contribution >= 4 is 5.78 Å². The number of ether oxygens (including phenoxy) is 2.